The lowest BCUT2D eigenvalue weighted by Gasteiger charge is -2.38. The fourth-order valence-electron chi connectivity index (χ4n) is 2.11. The van der Waals surface area contributed by atoms with Crippen molar-refractivity contribution in [3.05, 3.63) is 29.8 Å². The van der Waals surface area contributed by atoms with Crippen molar-refractivity contribution in [2.24, 2.45) is 0 Å². The van der Waals surface area contributed by atoms with Crippen LogP contribution >= 0.6 is 0 Å². The maximum atomic E-state index is 13.6. The predicted octanol–water partition coefficient (Wildman–Crippen LogP) is 1.34. The number of rotatable bonds is 2. The number of nitrogens with zero attached hydrogens (tertiary/aromatic N) is 1. The third-order valence-corrected chi connectivity index (χ3v) is 4.91. The van der Waals surface area contributed by atoms with E-state index in [2.05, 4.69) is 5.32 Å². The SMILES string of the molecule is CC1(C)CN(S(=O)(=O)c2cc(F)ccc2F)CCN1. The van der Waals surface area contributed by atoms with Gasteiger partial charge in [0, 0.05) is 25.2 Å². The van der Waals surface area contributed by atoms with Gasteiger partial charge in [0.2, 0.25) is 10.0 Å². The highest BCUT2D eigenvalue weighted by Crippen LogP contribution is 2.23. The standard InChI is InChI=1S/C12H16F2N2O2S/c1-12(2)8-16(6-5-15-12)19(17,18)11-7-9(13)3-4-10(11)14/h3-4,7,15H,5-6,8H2,1-2H3. The summed E-state index contributed by atoms with van der Waals surface area (Å²) < 4.78 is 52.6. The van der Waals surface area contributed by atoms with E-state index in [0.29, 0.717) is 6.54 Å². The first-order valence-electron chi connectivity index (χ1n) is 5.93. The largest absolute Gasteiger partial charge is 0.309 e. The third-order valence-electron chi connectivity index (χ3n) is 3.05. The highest BCUT2D eigenvalue weighted by molar-refractivity contribution is 7.89. The number of hydrogen-bond acceptors (Lipinski definition) is 3. The van der Waals surface area contributed by atoms with Gasteiger partial charge in [0.25, 0.3) is 0 Å². The molecule has 0 bridgehead atoms. The van der Waals surface area contributed by atoms with E-state index >= 15 is 0 Å². The zero-order chi connectivity index (χ0) is 14.3. The Morgan fingerprint density at radius 1 is 1.32 bits per heavy atom. The van der Waals surface area contributed by atoms with Crippen LogP contribution in [0.15, 0.2) is 23.1 Å². The maximum absolute atomic E-state index is 13.6. The second-order valence-corrected chi connectivity index (χ2v) is 7.13. The highest BCUT2D eigenvalue weighted by atomic mass is 32.2. The molecule has 1 heterocycles. The first-order valence-corrected chi connectivity index (χ1v) is 7.37. The number of benzene rings is 1. The quantitative estimate of drug-likeness (QED) is 0.894. The number of hydrogen-bond donors (Lipinski definition) is 1. The van der Waals surface area contributed by atoms with Crippen LogP contribution in [0.1, 0.15) is 13.8 Å². The summed E-state index contributed by atoms with van der Waals surface area (Å²) in [5.41, 5.74) is -0.394. The summed E-state index contributed by atoms with van der Waals surface area (Å²) in [5.74, 6) is -1.70. The van der Waals surface area contributed by atoms with Gasteiger partial charge in [-0.2, -0.15) is 4.31 Å². The van der Waals surface area contributed by atoms with E-state index in [-0.39, 0.29) is 13.1 Å². The van der Waals surface area contributed by atoms with Gasteiger partial charge in [-0.1, -0.05) is 0 Å². The van der Waals surface area contributed by atoms with Crippen LogP contribution in [0.4, 0.5) is 8.78 Å². The van der Waals surface area contributed by atoms with Crippen molar-refractivity contribution in [3.8, 4) is 0 Å². The summed E-state index contributed by atoms with van der Waals surface area (Å²) in [4.78, 5) is -0.606. The molecule has 0 saturated carbocycles. The van der Waals surface area contributed by atoms with E-state index in [0.717, 1.165) is 18.2 Å². The fraction of sp³-hybridized carbons (Fsp3) is 0.500. The normalized spacial score (nSPS) is 20.4. The Morgan fingerprint density at radius 3 is 2.63 bits per heavy atom. The van der Waals surface area contributed by atoms with Gasteiger partial charge in [-0.25, -0.2) is 17.2 Å². The summed E-state index contributed by atoms with van der Waals surface area (Å²) >= 11 is 0. The molecule has 0 unspecified atom stereocenters. The molecule has 1 aromatic rings. The molecular formula is C12H16F2N2O2S. The molecule has 1 fully saturated rings. The summed E-state index contributed by atoms with van der Waals surface area (Å²) in [6.07, 6.45) is 0. The Kier molecular flexibility index (Phi) is 3.63. The molecular weight excluding hydrogens is 274 g/mol. The van der Waals surface area contributed by atoms with Gasteiger partial charge in [0.1, 0.15) is 16.5 Å². The van der Waals surface area contributed by atoms with Crippen molar-refractivity contribution in [2.75, 3.05) is 19.6 Å². The maximum Gasteiger partial charge on any atom is 0.246 e. The minimum atomic E-state index is -4.01. The number of piperazine rings is 1. The molecule has 0 aliphatic carbocycles. The van der Waals surface area contributed by atoms with Crippen molar-refractivity contribution in [3.63, 3.8) is 0 Å². The molecule has 0 spiro atoms. The lowest BCUT2D eigenvalue weighted by Crippen LogP contribution is -2.58. The number of sulfonamides is 1. The molecule has 19 heavy (non-hydrogen) atoms. The zero-order valence-electron chi connectivity index (χ0n) is 10.8. The van der Waals surface area contributed by atoms with Crippen molar-refractivity contribution < 1.29 is 17.2 Å². The fourth-order valence-corrected chi connectivity index (χ4v) is 3.79. The van der Waals surface area contributed by atoms with Gasteiger partial charge in [0.15, 0.2) is 0 Å². The Morgan fingerprint density at radius 2 is 2.00 bits per heavy atom. The molecule has 1 aliphatic heterocycles. The van der Waals surface area contributed by atoms with Crippen molar-refractivity contribution in [2.45, 2.75) is 24.3 Å². The third kappa shape index (κ3) is 2.93. The minimum Gasteiger partial charge on any atom is -0.309 e. The van der Waals surface area contributed by atoms with Gasteiger partial charge in [-0.05, 0) is 32.0 Å². The van der Waals surface area contributed by atoms with Crippen LogP contribution in [0.3, 0.4) is 0 Å². The second-order valence-electron chi connectivity index (χ2n) is 5.22. The van der Waals surface area contributed by atoms with Crippen molar-refractivity contribution in [1.29, 1.82) is 0 Å². The monoisotopic (exact) mass is 290 g/mol. The Balaban J connectivity index is 2.39. The first kappa shape index (κ1) is 14.4. The molecule has 1 saturated heterocycles. The number of halogens is 2. The van der Waals surface area contributed by atoms with E-state index in [9.17, 15) is 17.2 Å². The summed E-state index contributed by atoms with van der Waals surface area (Å²) in [6.45, 7) is 4.64. The van der Waals surface area contributed by atoms with Crippen LogP contribution < -0.4 is 5.32 Å². The lowest BCUT2D eigenvalue weighted by atomic mass is 10.0. The molecule has 0 radical (unpaired) electrons. The van der Waals surface area contributed by atoms with Crippen LogP contribution in [-0.4, -0.2) is 37.9 Å². The average Bonchev–Trinajstić information content (AvgIpc) is 2.31. The van der Waals surface area contributed by atoms with E-state index in [4.69, 9.17) is 0 Å². The number of nitrogens with one attached hydrogen (secondary N) is 1. The molecule has 1 N–H and O–H groups in total. The van der Waals surface area contributed by atoms with E-state index in [1.165, 1.54) is 4.31 Å². The van der Waals surface area contributed by atoms with E-state index < -0.39 is 32.1 Å². The Labute approximate surface area is 111 Å². The van der Waals surface area contributed by atoms with E-state index in [1.807, 2.05) is 13.8 Å². The van der Waals surface area contributed by atoms with Crippen LogP contribution in [0.25, 0.3) is 0 Å². The second kappa shape index (κ2) is 4.81. The van der Waals surface area contributed by atoms with Crippen LogP contribution in [0.5, 0.6) is 0 Å². The van der Waals surface area contributed by atoms with Gasteiger partial charge in [-0.15, -0.1) is 0 Å². The molecule has 0 amide bonds. The van der Waals surface area contributed by atoms with Crippen LogP contribution in [0, 0.1) is 11.6 Å². The summed E-state index contributed by atoms with van der Waals surface area (Å²) in [5, 5.41) is 3.16. The van der Waals surface area contributed by atoms with Crippen molar-refractivity contribution >= 4 is 10.0 Å². The van der Waals surface area contributed by atoms with Gasteiger partial charge in [-0.3, -0.25) is 0 Å². The Hall–Kier alpha value is -1.05. The molecule has 0 aromatic heterocycles. The first-order chi connectivity index (χ1) is 8.72. The summed E-state index contributed by atoms with van der Waals surface area (Å²) in [7, 11) is -4.01. The van der Waals surface area contributed by atoms with Crippen molar-refractivity contribution in [1.82, 2.24) is 9.62 Å². The van der Waals surface area contributed by atoms with Crippen LogP contribution in [-0.2, 0) is 10.0 Å². The smallest absolute Gasteiger partial charge is 0.246 e. The molecule has 1 aliphatic rings. The van der Waals surface area contributed by atoms with Gasteiger partial charge >= 0.3 is 0 Å². The van der Waals surface area contributed by atoms with Crippen LogP contribution in [0.2, 0.25) is 0 Å². The van der Waals surface area contributed by atoms with E-state index in [1.54, 1.807) is 0 Å². The molecule has 1 aromatic carbocycles. The molecule has 0 atom stereocenters. The average molecular weight is 290 g/mol. The lowest BCUT2D eigenvalue weighted by molar-refractivity contribution is 0.233. The predicted molar refractivity (Wildman–Crippen MR) is 67.2 cm³/mol. The topological polar surface area (TPSA) is 49.4 Å². The molecule has 106 valence electrons. The zero-order valence-corrected chi connectivity index (χ0v) is 11.6. The summed E-state index contributed by atoms with van der Waals surface area (Å²) in [6, 6.07) is 2.45. The van der Waals surface area contributed by atoms with Gasteiger partial charge in [0.05, 0.1) is 0 Å². The minimum absolute atomic E-state index is 0.214. The van der Waals surface area contributed by atoms with Gasteiger partial charge < -0.3 is 5.32 Å². The molecule has 7 heteroatoms. The molecule has 2 rings (SSSR count). The highest BCUT2D eigenvalue weighted by Gasteiger charge is 2.35. The Bertz CT molecular complexity index is 587. The molecule has 4 nitrogen and oxygen atoms in total.